The van der Waals surface area contributed by atoms with Crippen molar-refractivity contribution in [3.63, 3.8) is 0 Å². The quantitative estimate of drug-likeness (QED) is 0.472. The van der Waals surface area contributed by atoms with Gasteiger partial charge < -0.3 is 15.6 Å². The summed E-state index contributed by atoms with van der Waals surface area (Å²) in [6, 6.07) is 4.63. The van der Waals surface area contributed by atoms with Crippen molar-refractivity contribution in [3.05, 3.63) is 23.8 Å². The Labute approximate surface area is 103 Å². The second-order valence-electron chi connectivity index (χ2n) is 3.15. The molecule has 0 heterocycles. The minimum Gasteiger partial charge on any atom is -0.478 e. The van der Waals surface area contributed by atoms with Gasteiger partial charge in [-0.2, -0.15) is 0 Å². The molecule has 0 bridgehead atoms. The van der Waals surface area contributed by atoms with E-state index in [0.717, 1.165) is 0 Å². The number of thioether (sulfide) groups is 1. The van der Waals surface area contributed by atoms with Crippen molar-refractivity contribution in [2.75, 3.05) is 18.1 Å². The summed E-state index contributed by atoms with van der Waals surface area (Å²) in [5.41, 5.74) is 5.76. The average molecular weight is 255 g/mol. The molecule has 1 aromatic rings. The van der Waals surface area contributed by atoms with Crippen LogP contribution in [0.15, 0.2) is 23.1 Å². The van der Waals surface area contributed by atoms with Crippen LogP contribution in [0.25, 0.3) is 0 Å². The highest BCUT2D eigenvalue weighted by Crippen LogP contribution is 2.23. The summed E-state index contributed by atoms with van der Waals surface area (Å²) in [7, 11) is 0. The zero-order valence-electron chi connectivity index (χ0n) is 9.30. The Morgan fingerprint density at radius 2 is 2.18 bits per heavy atom. The number of esters is 1. The van der Waals surface area contributed by atoms with Crippen LogP contribution in [0.5, 0.6) is 0 Å². The van der Waals surface area contributed by atoms with Crippen molar-refractivity contribution in [3.8, 4) is 0 Å². The summed E-state index contributed by atoms with van der Waals surface area (Å²) in [5, 5.41) is 8.87. The Balaban J connectivity index is 2.69. The number of nitrogens with two attached hydrogens (primary N) is 1. The summed E-state index contributed by atoms with van der Waals surface area (Å²) in [6.07, 6.45) is 0. The van der Waals surface area contributed by atoms with Gasteiger partial charge in [0.05, 0.1) is 17.9 Å². The van der Waals surface area contributed by atoms with Crippen LogP contribution in [0, 0.1) is 0 Å². The van der Waals surface area contributed by atoms with Crippen molar-refractivity contribution in [2.45, 2.75) is 11.8 Å². The van der Waals surface area contributed by atoms with Crippen LogP contribution in [0.1, 0.15) is 17.3 Å². The maximum absolute atomic E-state index is 11.1. The Hall–Kier alpha value is -1.69. The van der Waals surface area contributed by atoms with Gasteiger partial charge in [0.2, 0.25) is 0 Å². The van der Waals surface area contributed by atoms with Crippen molar-refractivity contribution in [1.29, 1.82) is 0 Å². The molecule has 0 radical (unpaired) electrons. The predicted molar refractivity (Wildman–Crippen MR) is 65.2 cm³/mol. The van der Waals surface area contributed by atoms with Gasteiger partial charge in [0.15, 0.2) is 0 Å². The molecule has 0 saturated heterocycles. The lowest BCUT2D eigenvalue weighted by Gasteiger charge is -2.05. The van der Waals surface area contributed by atoms with Gasteiger partial charge in [-0.3, -0.25) is 4.79 Å². The highest BCUT2D eigenvalue weighted by molar-refractivity contribution is 8.00. The number of anilines is 1. The molecular weight excluding hydrogens is 242 g/mol. The van der Waals surface area contributed by atoms with Crippen LogP contribution in [-0.4, -0.2) is 29.4 Å². The number of carbonyl (C=O) groups excluding carboxylic acids is 1. The fourth-order valence-corrected chi connectivity index (χ4v) is 1.89. The Morgan fingerprint density at radius 1 is 1.47 bits per heavy atom. The first-order valence-corrected chi connectivity index (χ1v) is 5.94. The minimum absolute atomic E-state index is 0.0406. The summed E-state index contributed by atoms with van der Waals surface area (Å²) in [5.74, 6) is -1.26. The first kappa shape index (κ1) is 13.4. The molecule has 0 aromatic heterocycles. The normalized spacial score (nSPS) is 9.94. The molecule has 5 nitrogen and oxygen atoms in total. The number of nitrogen functional groups attached to an aromatic ring is 1. The molecule has 0 saturated carbocycles. The lowest BCUT2D eigenvalue weighted by Crippen LogP contribution is -2.07. The second-order valence-corrected chi connectivity index (χ2v) is 4.20. The zero-order chi connectivity index (χ0) is 12.8. The molecule has 0 atom stereocenters. The van der Waals surface area contributed by atoms with Crippen molar-refractivity contribution in [1.82, 2.24) is 0 Å². The fraction of sp³-hybridized carbons (Fsp3) is 0.273. The maximum Gasteiger partial charge on any atom is 0.337 e. The maximum atomic E-state index is 11.1. The molecule has 1 rings (SSSR count). The molecule has 17 heavy (non-hydrogen) atoms. The highest BCUT2D eigenvalue weighted by Gasteiger charge is 2.10. The smallest absolute Gasteiger partial charge is 0.337 e. The van der Waals surface area contributed by atoms with E-state index >= 15 is 0 Å². The van der Waals surface area contributed by atoms with E-state index in [1.54, 1.807) is 13.0 Å². The van der Waals surface area contributed by atoms with E-state index in [1.807, 2.05) is 0 Å². The number of aromatic carboxylic acids is 1. The number of carboxylic acids is 1. The van der Waals surface area contributed by atoms with Gasteiger partial charge >= 0.3 is 11.9 Å². The Kier molecular flexibility index (Phi) is 4.84. The monoisotopic (exact) mass is 255 g/mol. The molecule has 0 fully saturated rings. The van der Waals surface area contributed by atoms with E-state index in [9.17, 15) is 9.59 Å². The molecule has 1 aromatic carbocycles. The lowest BCUT2D eigenvalue weighted by atomic mass is 10.2. The van der Waals surface area contributed by atoms with Gasteiger partial charge in [0.25, 0.3) is 0 Å². The van der Waals surface area contributed by atoms with Crippen LogP contribution in [0.4, 0.5) is 5.69 Å². The van der Waals surface area contributed by atoms with Gasteiger partial charge in [0, 0.05) is 10.6 Å². The highest BCUT2D eigenvalue weighted by atomic mass is 32.2. The SMILES string of the molecule is CCOC(=O)CSc1ccc(N)c(C(=O)O)c1. The number of carbonyl (C=O) groups is 2. The molecule has 0 aliphatic carbocycles. The number of rotatable bonds is 5. The summed E-state index contributed by atoms with van der Waals surface area (Å²) < 4.78 is 4.76. The number of ether oxygens (including phenoxy) is 1. The zero-order valence-corrected chi connectivity index (χ0v) is 10.1. The summed E-state index contributed by atoms with van der Waals surface area (Å²) in [6.45, 7) is 2.07. The van der Waals surface area contributed by atoms with Gasteiger partial charge in [-0.15, -0.1) is 11.8 Å². The molecular formula is C11H13NO4S. The van der Waals surface area contributed by atoms with E-state index < -0.39 is 5.97 Å². The fourth-order valence-electron chi connectivity index (χ4n) is 1.16. The second kappa shape index (κ2) is 6.15. The van der Waals surface area contributed by atoms with E-state index in [2.05, 4.69) is 0 Å². The van der Waals surface area contributed by atoms with E-state index in [4.69, 9.17) is 15.6 Å². The third-order valence-corrected chi connectivity index (χ3v) is 2.88. The predicted octanol–water partition coefficient (Wildman–Crippen LogP) is 1.62. The van der Waals surface area contributed by atoms with E-state index in [-0.39, 0.29) is 23.0 Å². The molecule has 0 aliphatic rings. The van der Waals surface area contributed by atoms with E-state index in [1.165, 1.54) is 23.9 Å². The Morgan fingerprint density at radius 3 is 2.76 bits per heavy atom. The molecule has 0 amide bonds. The third kappa shape index (κ3) is 3.99. The number of carboxylic acid groups (broad SMARTS) is 1. The molecule has 92 valence electrons. The lowest BCUT2D eigenvalue weighted by molar-refractivity contribution is -0.139. The van der Waals surface area contributed by atoms with Crippen molar-refractivity contribution < 1.29 is 19.4 Å². The average Bonchev–Trinajstić information content (AvgIpc) is 2.28. The molecule has 6 heteroatoms. The first-order valence-electron chi connectivity index (χ1n) is 4.95. The minimum atomic E-state index is -1.08. The standard InChI is InChI=1S/C11H13NO4S/c1-2-16-10(13)6-17-7-3-4-9(12)8(5-7)11(14)15/h3-5H,2,6,12H2,1H3,(H,14,15). The topological polar surface area (TPSA) is 89.6 Å². The molecule has 0 aliphatic heterocycles. The summed E-state index contributed by atoms with van der Waals surface area (Å²) in [4.78, 5) is 22.6. The van der Waals surface area contributed by atoms with Crippen LogP contribution in [-0.2, 0) is 9.53 Å². The number of hydrogen-bond donors (Lipinski definition) is 2. The van der Waals surface area contributed by atoms with Crippen molar-refractivity contribution in [2.24, 2.45) is 0 Å². The van der Waals surface area contributed by atoms with Crippen LogP contribution >= 0.6 is 11.8 Å². The third-order valence-electron chi connectivity index (χ3n) is 1.92. The van der Waals surface area contributed by atoms with Gasteiger partial charge in [-0.1, -0.05) is 0 Å². The van der Waals surface area contributed by atoms with Crippen LogP contribution in [0.3, 0.4) is 0 Å². The van der Waals surface area contributed by atoms with Gasteiger partial charge in [-0.05, 0) is 25.1 Å². The van der Waals surface area contributed by atoms with Crippen LogP contribution in [0.2, 0.25) is 0 Å². The molecule has 0 unspecified atom stereocenters. The van der Waals surface area contributed by atoms with Crippen LogP contribution < -0.4 is 5.73 Å². The van der Waals surface area contributed by atoms with Gasteiger partial charge in [0.1, 0.15) is 0 Å². The Bertz CT molecular complexity index is 433. The summed E-state index contributed by atoms with van der Waals surface area (Å²) >= 11 is 1.22. The number of benzene rings is 1. The molecule has 3 N–H and O–H groups in total. The van der Waals surface area contributed by atoms with E-state index in [0.29, 0.717) is 11.5 Å². The molecule has 0 spiro atoms. The first-order chi connectivity index (χ1) is 8.04. The van der Waals surface area contributed by atoms with Crippen molar-refractivity contribution >= 4 is 29.4 Å². The number of hydrogen-bond acceptors (Lipinski definition) is 5. The largest absolute Gasteiger partial charge is 0.478 e. The van der Waals surface area contributed by atoms with Gasteiger partial charge in [-0.25, -0.2) is 4.79 Å².